The molecule has 5 heterocycles. The quantitative estimate of drug-likeness (QED) is 0.510. The third-order valence-corrected chi connectivity index (χ3v) is 9.85. The second kappa shape index (κ2) is 7.24. The molecule has 1 aromatic heterocycles. The van der Waals surface area contributed by atoms with Crippen LogP contribution in [0.2, 0.25) is 0 Å². The van der Waals surface area contributed by atoms with Crippen molar-refractivity contribution in [3.63, 3.8) is 0 Å². The number of ether oxygens (including phenoxy) is 1. The Bertz CT molecular complexity index is 1360. The van der Waals surface area contributed by atoms with Crippen LogP contribution < -0.4 is 10.2 Å². The number of nitrogens with zero attached hydrogens (tertiary/aromatic N) is 2. The van der Waals surface area contributed by atoms with Crippen molar-refractivity contribution >= 4 is 45.7 Å². The summed E-state index contributed by atoms with van der Waals surface area (Å²) in [7, 11) is 1.29. The van der Waals surface area contributed by atoms with Gasteiger partial charge in [0, 0.05) is 22.2 Å². The number of thiophene rings is 1. The molecule has 0 radical (unpaired) electrons. The first-order valence-electron chi connectivity index (χ1n) is 11.9. The highest BCUT2D eigenvalue weighted by molar-refractivity contribution is 7.17. The monoisotopic (exact) mass is 493 g/mol. The van der Waals surface area contributed by atoms with Crippen LogP contribution in [-0.2, 0) is 24.7 Å². The lowest BCUT2D eigenvalue weighted by atomic mass is 9.75. The van der Waals surface area contributed by atoms with Gasteiger partial charge in [-0.2, -0.15) is 0 Å². The van der Waals surface area contributed by atoms with Gasteiger partial charge in [-0.25, -0.2) is 9.69 Å². The molecule has 0 aliphatic carbocycles. The minimum atomic E-state index is -1.23. The summed E-state index contributed by atoms with van der Waals surface area (Å²) in [6.07, 6.45) is 1.60. The second-order valence-electron chi connectivity index (χ2n) is 10.0. The van der Waals surface area contributed by atoms with Crippen molar-refractivity contribution in [3.8, 4) is 0 Å². The number of hydrogen-bond acceptors (Lipinski definition) is 7. The molecule has 8 nitrogen and oxygen atoms in total. The smallest absolute Gasteiger partial charge is 0.341 e. The predicted octanol–water partition coefficient (Wildman–Crippen LogP) is 3.20. The summed E-state index contributed by atoms with van der Waals surface area (Å²) in [5.41, 5.74) is 3.26. The molecule has 9 heteroatoms. The van der Waals surface area contributed by atoms with Crippen LogP contribution in [-0.4, -0.2) is 48.3 Å². The molecule has 0 saturated carbocycles. The Morgan fingerprint density at radius 1 is 1.11 bits per heavy atom. The largest absolute Gasteiger partial charge is 0.465 e. The number of anilines is 2. The van der Waals surface area contributed by atoms with Crippen molar-refractivity contribution in [3.05, 3.63) is 44.8 Å². The zero-order valence-electron chi connectivity index (χ0n) is 20.4. The number of esters is 1. The van der Waals surface area contributed by atoms with E-state index < -0.39 is 29.3 Å². The minimum absolute atomic E-state index is 0.205. The molecule has 4 aliphatic heterocycles. The van der Waals surface area contributed by atoms with Gasteiger partial charge in [0.15, 0.2) is 0 Å². The standard InChI is InChI=1S/C26H27N3O5S/c1-11-8-9-15-20(12(11)2)27-25(33)26(15)19-18(16-7-6-10-28(16)26)21(30)29(22(19)31)23-17(24(32)34-5)13(3)14(4)35-23/h8-9,16,18-19H,6-7,10H2,1-5H3,(H,27,33)/t16-,18+,19+,26+/m0/s1. The third-order valence-electron chi connectivity index (χ3n) is 8.66. The van der Waals surface area contributed by atoms with E-state index in [1.165, 1.54) is 23.3 Å². The van der Waals surface area contributed by atoms with Crippen LogP contribution in [0, 0.1) is 39.5 Å². The second-order valence-corrected chi connectivity index (χ2v) is 11.2. The van der Waals surface area contributed by atoms with Crippen LogP contribution in [0.4, 0.5) is 10.7 Å². The Morgan fingerprint density at radius 3 is 2.57 bits per heavy atom. The van der Waals surface area contributed by atoms with Crippen LogP contribution in [0.5, 0.6) is 0 Å². The number of fused-ring (bicyclic) bond motifs is 7. The topological polar surface area (TPSA) is 96.0 Å². The fourth-order valence-corrected chi connectivity index (χ4v) is 7.98. The number of carbonyl (C=O) groups is 4. The van der Waals surface area contributed by atoms with Crippen molar-refractivity contribution in [2.24, 2.45) is 11.8 Å². The molecule has 35 heavy (non-hydrogen) atoms. The van der Waals surface area contributed by atoms with Crippen molar-refractivity contribution in [1.29, 1.82) is 0 Å². The SMILES string of the molecule is COC(=O)c1c(N2C(=O)[C@@H]3[C@@H]4CCCN4[C@@]4(C(=O)Nc5c4ccc(C)c5C)[C@H]3C2=O)sc(C)c1C. The van der Waals surface area contributed by atoms with Crippen LogP contribution >= 0.6 is 11.3 Å². The lowest BCUT2D eigenvalue weighted by molar-refractivity contribution is -0.135. The summed E-state index contributed by atoms with van der Waals surface area (Å²) in [6, 6.07) is 3.71. The van der Waals surface area contributed by atoms with E-state index in [1.54, 1.807) is 6.92 Å². The molecule has 4 atom stereocenters. The molecule has 6 rings (SSSR count). The van der Waals surface area contributed by atoms with Gasteiger partial charge in [-0.15, -0.1) is 11.3 Å². The molecule has 1 aromatic carbocycles. The predicted molar refractivity (Wildman–Crippen MR) is 131 cm³/mol. The van der Waals surface area contributed by atoms with Gasteiger partial charge in [-0.1, -0.05) is 12.1 Å². The zero-order chi connectivity index (χ0) is 25.0. The molecule has 1 spiro atoms. The molecule has 3 saturated heterocycles. The summed E-state index contributed by atoms with van der Waals surface area (Å²) < 4.78 is 4.99. The molecule has 4 aliphatic rings. The molecule has 3 amide bonds. The van der Waals surface area contributed by atoms with E-state index in [2.05, 4.69) is 10.2 Å². The van der Waals surface area contributed by atoms with Crippen molar-refractivity contribution in [2.75, 3.05) is 23.9 Å². The summed E-state index contributed by atoms with van der Waals surface area (Å²) in [4.78, 5) is 58.9. The first kappa shape index (κ1) is 22.4. The number of aryl methyl sites for hydroxylation is 2. The van der Waals surface area contributed by atoms with Crippen molar-refractivity contribution in [2.45, 2.75) is 52.1 Å². The average molecular weight is 494 g/mol. The molecule has 2 aromatic rings. The number of methoxy groups -OCH3 is 1. The Morgan fingerprint density at radius 2 is 1.86 bits per heavy atom. The first-order chi connectivity index (χ1) is 16.7. The average Bonchev–Trinajstić information content (AvgIpc) is 3.58. The van der Waals surface area contributed by atoms with Gasteiger partial charge in [-0.05, 0) is 63.8 Å². The number of nitrogens with one attached hydrogen (secondary N) is 1. The van der Waals surface area contributed by atoms with Gasteiger partial charge in [0.2, 0.25) is 17.7 Å². The molecule has 0 unspecified atom stereocenters. The van der Waals surface area contributed by atoms with Gasteiger partial charge < -0.3 is 10.1 Å². The van der Waals surface area contributed by atoms with E-state index in [9.17, 15) is 19.2 Å². The van der Waals surface area contributed by atoms with E-state index in [4.69, 9.17) is 4.74 Å². The van der Waals surface area contributed by atoms with E-state index in [0.717, 1.165) is 40.1 Å². The maximum Gasteiger partial charge on any atom is 0.341 e. The van der Waals surface area contributed by atoms with E-state index in [1.807, 2.05) is 32.9 Å². The fourth-order valence-electron chi connectivity index (χ4n) is 6.83. The normalized spacial score (nSPS) is 29.1. The Balaban J connectivity index is 1.57. The van der Waals surface area contributed by atoms with Gasteiger partial charge >= 0.3 is 5.97 Å². The van der Waals surface area contributed by atoms with Crippen LogP contribution in [0.25, 0.3) is 0 Å². The van der Waals surface area contributed by atoms with Gasteiger partial charge in [0.05, 0.1) is 24.5 Å². The number of hydrogen-bond donors (Lipinski definition) is 1. The first-order valence-corrected chi connectivity index (χ1v) is 12.7. The van der Waals surface area contributed by atoms with Gasteiger partial charge in [0.25, 0.3) is 0 Å². The fraction of sp³-hybridized carbons (Fsp3) is 0.462. The number of rotatable bonds is 2. The minimum Gasteiger partial charge on any atom is -0.465 e. The third kappa shape index (κ3) is 2.50. The Hall–Kier alpha value is -3.04. The van der Waals surface area contributed by atoms with Crippen LogP contribution in [0.3, 0.4) is 0 Å². The summed E-state index contributed by atoms with van der Waals surface area (Å²) in [6.45, 7) is 8.26. The highest BCUT2D eigenvalue weighted by atomic mass is 32.1. The molecule has 1 N–H and O–H groups in total. The summed E-state index contributed by atoms with van der Waals surface area (Å²) in [5, 5.41) is 3.37. The lowest BCUT2D eigenvalue weighted by Crippen LogP contribution is -2.54. The molecule has 182 valence electrons. The van der Waals surface area contributed by atoms with Gasteiger partial charge in [-0.3, -0.25) is 19.3 Å². The number of carbonyl (C=O) groups excluding carboxylic acids is 4. The van der Waals surface area contributed by atoms with E-state index >= 15 is 0 Å². The van der Waals surface area contributed by atoms with Crippen LogP contribution in [0.15, 0.2) is 12.1 Å². The molecular formula is C26H27N3O5S. The summed E-state index contributed by atoms with van der Waals surface area (Å²) in [5.74, 6) is -3.05. The number of amides is 3. The molecule has 0 bridgehead atoms. The van der Waals surface area contributed by atoms with E-state index in [0.29, 0.717) is 17.1 Å². The maximum absolute atomic E-state index is 14.2. The number of imide groups is 1. The molecular weight excluding hydrogens is 466 g/mol. The van der Waals surface area contributed by atoms with Gasteiger partial charge in [0.1, 0.15) is 10.5 Å². The zero-order valence-corrected chi connectivity index (χ0v) is 21.2. The van der Waals surface area contributed by atoms with Crippen LogP contribution in [0.1, 0.15) is 50.3 Å². The highest BCUT2D eigenvalue weighted by Crippen LogP contribution is 2.61. The summed E-state index contributed by atoms with van der Waals surface area (Å²) >= 11 is 1.24. The Kier molecular flexibility index (Phi) is 4.64. The number of benzene rings is 1. The Labute approximate surface area is 207 Å². The lowest BCUT2D eigenvalue weighted by Gasteiger charge is -2.36. The maximum atomic E-state index is 14.2. The van der Waals surface area contributed by atoms with Crippen molar-refractivity contribution in [1.82, 2.24) is 4.90 Å². The van der Waals surface area contributed by atoms with E-state index in [-0.39, 0.29) is 23.4 Å². The van der Waals surface area contributed by atoms with Crippen molar-refractivity contribution < 1.29 is 23.9 Å². The molecule has 3 fully saturated rings. The highest BCUT2D eigenvalue weighted by Gasteiger charge is 2.75.